The summed E-state index contributed by atoms with van der Waals surface area (Å²) >= 11 is 0. The van der Waals surface area contributed by atoms with E-state index in [1.165, 1.54) is 16.7 Å². The van der Waals surface area contributed by atoms with Gasteiger partial charge in [-0.25, -0.2) is 4.68 Å². The zero-order chi connectivity index (χ0) is 18.3. The molecule has 5 nitrogen and oxygen atoms in total. The van der Waals surface area contributed by atoms with E-state index < -0.39 is 0 Å². The Morgan fingerprint density at radius 1 is 1.08 bits per heavy atom. The van der Waals surface area contributed by atoms with Gasteiger partial charge in [0.05, 0.1) is 19.9 Å². The lowest BCUT2D eigenvalue weighted by Gasteiger charge is -2.12. The number of methoxy groups -OCH3 is 2. The van der Waals surface area contributed by atoms with Crippen LogP contribution in [-0.4, -0.2) is 30.5 Å². The topological polar surface area (TPSA) is 48.3 Å². The highest BCUT2D eigenvalue weighted by atomic mass is 16.5. The first-order valence-electron chi connectivity index (χ1n) is 8.78. The summed E-state index contributed by atoms with van der Waals surface area (Å²) in [4.78, 5) is 0. The fourth-order valence-corrected chi connectivity index (χ4v) is 3.68. The van der Waals surface area contributed by atoms with Crippen LogP contribution in [0.3, 0.4) is 0 Å². The van der Waals surface area contributed by atoms with E-state index in [2.05, 4.69) is 37.4 Å². The highest BCUT2D eigenvalue weighted by Crippen LogP contribution is 2.42. The van der Waals surface area contributed by atoms with Crippen LogP contribution in [0.25, 0.3) is 16.9 Å². The van der Waals surface area contributed by atoms with Gasteiger partial charge in [-0.3, -0.25) is 0 Å². The zero-order valence-corrected chi connectivity index (χ0v) is 15.6. The molecule has 2 aromatic carbocycles. The molecule has 0 saturated carbocycles. The third kappa shape index (κ3) is 2.51. The van der Waals surface area contributed by atoms with Gasteiger partial charge < -0.3 is 14.8 Å². The van der Waals surface area contributed by atoms with Crippen LogP contribution in [0, 0.1) is 13.8 Å². The van der Waals surface area contributed by atoms with E-state index in [0.29, 0.717) is 5.75 Å². The zero-order valence-electron chi connectivity index (χ0n) is 15.6. The maximum atomic E-state index is 5.64. The van der Waals surface area contributed by atoms with Gasteiger partial charge >= 0.3 is 0 Å². The van der Waals surface area contributed by atoms with Crippen LogP contribution in [-0.2, 0) is 6.42 Å². The van der Waals surface area contributed by atoms with Gasteiger partial charge in [-0.15, -0.1) is 0 Å². The molecule has 1 N–H and O–H groups in total. The van der Waals surface area contributed by atoms with Crippen molar-refractivity contribution in [2.45, 2.75) is 20.3 Å². The summed E-state index contributed by atoms with van der Waals surface area (Å²) in [5.74, 6) is 2.50. The molecule has 0 amide bonds. The van der Waals surface area contributed by atoms with Gasteiger partial charge in [0.25, 0.3) is 0 Å². The quantitative estimate of drug-likeness (QED) is 0.769. The summed E-state index contributed by atoms with van der Waals surface area (Å²) < 4.78 is 13.1. The molecule has 0 atom stereocenters. The molecular weight excluding hydrogens is 326 g/mol. The van der Waals surface area contributed by atoms with Gasteiger partial charge in [0.15, 0.2) is 11.5 Å². The van der Waals surface area contributed by atoms with Crippen molar-refractivity contribution in [3.05, 3.63) is 53.1 Å². The van der Waals surface area contributed by atoms with Crippen LogP contribution in [0.1, 0.15) is 16.7 Å². The molecule has 0 radical (unpaired) electrons. The predicted molar refractivity (Wildman–Crippen MR) is 104 cm³/mol. The number of hydrogen-bond acceptors (Lipinski definition) is 4. The summed E-state index contributed by atoms with van der Waals surface area (Å²) in [5.41, 5.74) is 6.66. The monoisotopic (exact) mass is 349 g/mol. The van der Waals surface area contributed by atoms with E-state index in [0.717, 1.165) is 41.5 Å². The molecule has 0 fully saturated rings. The van der Waals surface area contributed by atoms with Crippen molar-refractivity contribution in [1.82, 2.24) is 9.78 Å². The lowest BCUT2D eigenvalue weighted by atomic mass is 10.0. The molecule has 1 aliphatic heterocycles. The molecule has 4 rings (SSSR count). The van der Waals surface area contributed by atoms with Crippen molar-refractivity contribution in [2.24, 2.45) is 0 Å². The predicted octanol–water partition coefficient (Wildman–Crippen LogP) is 4.14. The molecule has 0 spiro atoms. The van der Waals surface area contributed by atoms with Gasteiger partial charge in [-0.1, -0.05) is 23.8 Å². The van der Waals surface area contributed by atoms with E-state index in [9.17, 15) is 0 Å². The van der Waals surface area contributed by atoms with Gasteiger partial charge in [-0.05, 0) is 44.0 Å². The molecule has 5 heteroatoms. The average Bonchev–Trinajstić information content (AvgIpc) is 3.24. The highest BCUT2D eigenvalue weighted by molar-refractivity contribution is 5.78. The highest BCUT2D eigenvalue weighted by Gasteiger charge is 2.27. The Balaban J connectivity index is 1.93. The minimum Gasteiger partial charge on any atom is -0.493 e. The van der Waals surface area contributed by atoms with Crippen LogP contribution in [0.4, 0.5) is 5.82 Å². The first-order valence-corrected chi connectivity index (χ1v) is 8.78. The van der Waals surface area contributed by atoms with Crippen molar-refractivity contribution in [2.75, 3.05) is 26.1 Å². The summed E-state index contributed by atoms with van der Waals surface area (Å²) in [6.45, 7) is 5.14. The molecular formula is C21H23N3O2. The molecule has 26 heavy (non-hydrogen) atoms. The van der Waals surface area contributed by atoms with Crippen LogP contribution in [0.2, 0.25) is 0 Å². The average molecular weight is 349 g/mol. The Morgan fingerprint density at radius 3 is 2.65 bits per heavy atom. The largest absolute Gasteiger partial charge is 0.493 e. The molecule has 134 valence electrons. The van der Waals surface area contributed by atoms with Crippen molar-refractivity contribution in [3.8, 4) is 28.4 Å². The SMILES string of the molecule is COc1cccc(-c2nn(-c3ccc(C)cc3C)c3c2CCN3)c1OC. The minimum atomic E-state index is 0.714. The third-order valence-electron chi connectivity index (χ3n) is 4.89. The molecule has 0 bridgehead atoms. The smallest absolute Gasteiger partial charge is 0.170 e. The summed E-state index contributed by atoms with van der Waals surface area (Å²) in [6.07, 6.45) is 0.940. The number of fused-ring (bicyclic) bond motifs is 1. The second-order valence-electron chi connectivity index (χ2n) is 6.60. The number of nitrogens with one attached hydrogen (secondary N) is 1. The summed E-state index contributed by atoms with van der Waals surface area (Å²) in [5, 5.41) is 8.46. The van der Waals surface area contributed by atoms with Gasteiger partial charge in [0, 0.05) is 17.7 Å². The molecule has 0 saturated heterocycles. The Hall–Kier alpha value is -2.95. The van der Waals surface area contributed by atoms with Crippen molar-refractivity contribution in [1.29, 1.82) is 0 Å². The second-order valence-corrected chi connectivity index (χ2v) is 6.60. The van der Waals surface area contributed by atoms with Crippen molar-refractivity contribution < 1.29 is 9.47 Å². The number of nitrogens with zero attached hydrogens (tertiary/aromatic N) is 2. The van der Waals surface area contributed by atoms with E-state index in [-0.39, 0.29) is 0 Å². The Labute approximate surface area is 153 Å². The Morgan fingerprint density at radius 2 is 1.92 bits per heavy atom. The lowest BCUT2D eigenvalue weighted by Crippen LogP contribution is -2.06. The van der Waals surface area contributed by atoms with Gasteiger partial charge in [-0.2, -0.15) is 5.10 Å². The van der Waals surface area contributed by atoms with Crippen LogP contribution < -0.4 is 14.8 Å². The normalized spacial score (nSPS) is 12.6. The fourth-order valence-electron chi connectivity index (χ4n) is 3.68. The number of aryl methyl sites for hydroxylation is 2. The molecule has 0 unspecified atom stereocenters. The van der Waals surface area contributed by atoms with E-state index in [1.54, 1.807) is 14.2 Å². The number of rotatable bonds is 4. The minimum absolute atomic E-state index is 0.714. The second kappa shape index (κ2) is 6.41. The molecule has 3 aromatic rings. The van der Waals surface area contributed by atoms with E-state index in [1.807, 2.05) is 22.9 Å². The maximum Gasteiger partial charge on any atom is 0.170 e. The molecule has 2 heterocycles. The number of anilines is 1. The number of benzene rings is 2. The first kappa shape index (κ1) is 16.5. The lowest BCUT2D eigenvalue weighted by molar-refractivity contribution is 0.356. The maximum absolute atomic E-state index is 5.64. The molecule has 0 aliphatic carbocycles. The van der Waals surface area contributed by atoms with Gasteiger partial charge in [0.1, 0.15) is 11.5 Å². The standard InChI is InChI=1S/C21H23N3O2/c1-13-8-9-17(14(2)12-13)24-21-16(10-11-22-21)19(23-24)15-6-5-7-18(25-3)20(15)26-4/h5-9,12,22H,10-11H2,1-4H3. The van der Waals surface area contributed by atoms with Crippen LogP contribution in [0.5, 0.6) is 11.5 Å². The molecule has 1 aliphatic rings. The van der Waals surface area contributed by atoms with Crippen LogP contribution in [0.15, 0.2) is 36.4 Å². The third-order valence-corrected chi connectivity index (χ3v) is 4.89. The van der Waals surface area contributed by atoms with Crippen LogP contribution >= 0.6 is 0 Å². The summed E-state index contributed by atoms with van der Waals surface area (Å²) in [6, 6.07) is 12.4. The van der Waals surface area contributed by atoms with E-state index in [4.69, 9.17) is 14.6 Å². The summed E-state index contributed by atoms with van der Waals surface area (Å²) in [7, 11) is 3.32. The number of hydrogen-bond donors (Lipinski definition) is 1. The number of para-hydroxylation sites is 1. The van der Waals surface area contributed by atoms with E-state index >= 15 is 0 Å². The Bertz CT molecular complexity index is 976. The first-order chi connectivity index (χ1) is 12.6. The molecule has 1 aromatic heterocycles. The Kier molecular flexibility index (Phi) is 4.07. The van der Waals surface area contributed by atoms with Gasteiger partial charge in [0.2, 0.25) is 0 Å². The van der Waals surface area contributed by atoms with Crippen molar-refractivity contribution in [3.63, 3.8) is 0 Å². The van der Waals surface area contributed by atoms with Crippen molar-refractivity contribution >= 4 is 5.82 Å². The number of aromatic nitrogens is 2. The number of ether oxygens (including phenoxy) is 2. The fraction of sp³-hybridized carbons (Fsp3) is 0.286.